The summed E-state index contributed by atoms with van der Waals surface area (Å²) in [6.07, 6.45) is 0. The Kier molecular flexibility index (Phi) is 5.05. The van der Waals surface area contributed by atoms with Gasteiger partial charge in [0.05, 0.1) is 12.2 Å². The van der Waals surface area contributed by atoms with E-state index in [-0.39, 0.29) is 11.9 Å². The Morgan fingerprint density at radius 1 is 1.19 bits per heavy atom. The van der Waals surface area contributed by atoms with Crippen molar-refractivity contribution in [2.24, 2.45) is 0 Å². The van der Waals surface area contributed by atoms with Crippen molar-refractivity contribution in [2.75, 3.05) is 11.9 Å². The molecule has 0 aliphatic carbocycles. The van der Waals surface area contributed by atoms with Crippen molar-refractivity contribution in [1.29, 1.82) is 0 Å². The first kappa shape index (κ1) is 15.2. The van der Waals surface area contributed by atoms with Gasteiger partial charge >= 0.3 is 5.97 Å². The highest BCUT2D eigenvalue weighted by atomic mass is 79.9. The van der Waals surface area contributed by atoms with Gasteiger partial charge in [0.1, 0.15) is 10.3 Å². The third-order valence-corrected chi connectivity index (χ3v) is 3.04. The number of nitrogens with one attached hydrogen (secondary N) is 1. The molecule has 0 bridgehead atoms. The number of amides is 1. The van der Waals surface area contributed by atoms with Crippen LogP contribution in [0.3, 0.4) is 0 Å². The molecule has 1 amide bonds. The van der Waals surface area contributed by atoms with Crippen LogP contribution in [0.25, 0.3) is 0 Å². The zero-order valence-corrected chi connectivity index (χ0v) is 12.9. The van der Waals surface area contributed by atoms with Crippen molar-refractivity contribution in [3.05, 3.63) is 58.3 Å². The summed E-state index contributed by atoms with van der Waals surface area (Å²) in [4.78, 5) is 27.6. The Labute approximate surface area is 130 Å². The Balaban J connectivity index is 2.06. The molecule has 1 aromatic carbocycles. The van der Waals surface area contributed by atoms with Crippen molar-refractivity contribution >= 4 is 33.5 Å². The molecule has 0 atom stereocenters. The molecule has 0 spiro atoms. The quantitative estimate of drug-likeness (QED) is 0.680. The lowest BCUT2D eigenvalue weighted by molar-refractivity contribution is 0.0526. The average Bonchev–Trinajstić information content (AvgIpc) is 2.48. The van der Waals surface area contributed by atoms with Crippen LogP contribution in [0.5, 0.6) is 0 Å². The van der Waals surface area contributed by atoms with Gasteiger partial charge in [0.2, 0.25) is 0 Å². The number of nitrogens with zero attached hydrogens (tertiary/aromatic N) is 1. The number of carbonyl (C=O) groups is 2. The fourth-order valence-corrected chi connectivity index (χ4v) is 1.98. The SMILES string of the molecule is CCOC(=O)c1ccc(NC(=O)c2cccc(Br)n2)cc1. The molecule has 0 radical (unpaired) electrons. The van der Waals surface area contributed by atoms with E-state index in [1.54, 1.807) is 49.4 Å². The van der Waals surface area contributed by atoms with Gasteiger partial charge in [-0.1, -0.05) is 6.07 Å². The number of benzene rings is 1. The van der Waals surface area contributed by atoms with Gasteiger partial charge in [-0.3, -0.25) is 4.79 Å². The molecule has 1 heterocycles. The minimum absolute atomic E-state index is 0.304. The van der Waals surface area contributed by atoms with Crippen LogP contribution in [0.4, 0.5) is 5.69 Å². The van der Waals surface area contributed by atoms with Gasteiger partial charge in [0.25, 0.3) is 5.91 Å². The number of hydrogen-bond donors (Lipinski definition) is 1. The molecule has 2 rings (SSSR count). The fourth-order valence-electron chi connectivity index (χ4n) is 1.63. The van der Waals surface area contributed by atoms with E-state index in [2.05, 4.69) is 26.2 Å². The Morgan fingerprint density at radius 2 is 1.90 bits per heavy atom. The minimum atomic E-state index is -0.385. The monoisotopic (exact) mass is 348 g/mol. The number of ether oxygens (including phenoxy) is 1. The molecule has 1 N–H and O–H groups in total. The highest BCUT2D eigenvalue weighted by Crippen LogP contribution is 2.13. The van der Waals surface area contributed by atoms with Crippen molar-refractivity contribution in [3.63, 3.8) is 0 Å². The summed E-state index contributed by atoms with van der Waals surface area (Å²) >= 11 is 3.21. The first-order chi connectivity index (χ1) is 10.1. The smallest absolute Gasteiger partial charge is 0.338 e. The average molecular weight is 349 g/mol. The van der Waals surface area contributed by atoms with Gasteiger partial charge in [-0.25, -0.2) is 9.78 Å². The summed E-state index contributed by atoms with van der Waals surface area (Å²) in [7, 11) is 0. The summed E-state index contributed by atoms with van der Waals surface area (Å²) < 4.78 is 5.48. The number of esters is 1. The molecule has 1 aromatic heterocycles. The molecule has 0 aliphatic heterocycles. The Bertz CT molecular complexity index is 656. The predicted molar refractivity (Wildman–Crippen MR) is 82.3 cm³/mol. The van der Waals surface area contributed by atoms with E-state index in [1.165, 1.54) is 0 Å². The van der Waals surface area contributed by atoms with Crippen LogP contribution in [0, 0.1) is 0 Å². The molecule has 2 aromatic rings. The highest BCUT2D eigenvalue weighted by molar-refractivity contribution is 9.10. The van der Waals surface area contributed by atoms with Gasteiger partial charge in [0.15, 0.2) is 0 Å². The second kappa shape index (κ2) is 6.99. The van der Waals surface area contributed by atoms with Gasteiger partial charge in [-0.2, -0.15) is 0 Å². The first-order valence-corrected chi connectivity index (χ1v) is 7.10. The van der Waals surface area contributed by atoms with E-state index in [1.807, 2.05) is 0 Å². The molecular weight excluding hydrogens is 336 g/mol. The Morgan fingerprint density at radius 3 is 2.52 bits per heavy atom. The van der Waals surface area contributed by atoms with E-state index in [4.69, 9.17) is 4.74 Å². The number of halogens is 1. The predicted octanol–water partition coefficient (Wildman–Crippen LogP) is 3.27. The van der Waals surface area contributed by atoms with Gasteiger partial charge in [-0.05, 0) is 59.3 Å². The van der Waals surface area contributed by atoms with Crippen LogP contribution in [0.1, 0.15) is 27.8 Å². The van der Waals surface area contributed by atoms with Gasteiger partial charge < -0.3 is 10.1 Å². The summed E-state index contributed by atoms with van der Waals surface area (Å²) in [6.45, 7) is 2.07. The van der Waals surface area contributed by atoms with Crippen LogP contribution in [0.15, 0.2) is 47.1 Å². The number of carbonyl (C=O) groups excluding carboxylic acids is 2. The number of hydrogen-bond acceptors (Lipinski definition) is 4. The number of pyridine rings is 1. The summed E-state index contributed by atoms with van der Waals surface area (Å²) in [5.74, 6) is -0.704. The second-order valence-electron chi connectivity index (χ2n) is 4.10. The molecule has 108 valence electrons. The zero-order valence-electron chi connectivity index (χ0n) is 11.3. The third kappa shape index (κ3) is 4.13. The molecule has 21 heavy (non-hydrogen) atoms. The summed E-state index contributed by atoms with van der Waals surface area (Å²) in [6, 6.07) is 11.6. The molecule has 0 fully saturated rings. The van der Waals surface area contributed by atoms with Crippen molar-refractivity contribution in [1.82, 2.24) is 4.98 Å². The normalized spacial score (nSPS) is 10.0. The number of aromatic nitrogens is 1. The molecule has 0 unspecified atom stereocenters. The van der Waals surface area contributed by atoms with Crippen molar-refractivity contribution in [3.8, 4) is 0 Å². The Hall–Kier alpha value is -2.21. The van der Waals surface area contributed by atoms with Crippen LogP contribution in [0.2, 0.25) is 0 Å². The standard InChI is InChI=1S/C15H13BrN2O3/c1-2-21-15(20)10-6-8-11(9-7-10)17-14(19)12-4-3-5-13(16)18-12/h3-9H,2H2,1H3,(H,17,19). The van der Waals surface area contributed by atoms with Crippen LogP contribution < -0.4 is 5.32 Å². The lowest BCUT2D eigenvalue weighted by Gasteiger charge is -2.06. The van der Waals surface area contributed by atoms with E-state index >= 15 is 0 Å². The second-order valence-corrected chi connectivity index (χ2v) is 4.91. The maximum atomic E-state index is 12.0. The zero-order chi connectivity index (χ0) is 15.2. The van der Waals surface area contributed by atoms with Crippen molar-refractivity contribution < 1.29 is 14.3 Å². The maximum Gasteiger partial charge on any atom is 0.338 e. The minimum Gasteiger partial charge on any atom is -0.462 e. The topological polar surface area (TPSA) is 68.3 Å². The van der Waals surface area contributed by atoms with Crippen molar-refractivity contribution in [2.45, 2.75) is 6.92 Å². The number of anilines is 1. The summed E-state index contributed by atoms with van der Waals surface area (Å²) in [5.41, 5.74) is 1.32. The molecule has 0 saturated heterocycles. The first-order valence-electron chi connectivity index (χ1n) is 6.31. The van der Waals surface area contributed by atoms with E-state index in [0.717, 1.165) is 0 Å². The molecule has 6 heteroatoms. The summed E-state index contributed by atoms with van der Waals surface area (Å²) in [5, 5.41) is 2.71. The molecular formula is C15H13BrN2O3. The lowest BCUT2D eigenvalue weighted by atomic mass is 10.2. The van der Waals surface area contributed by atoms with Gasteiger partial charge in [-0.15, -0.1) is 0 Å². The fraction of sp³-hybridized carbons (Fsp3) is 0.133. The molecule has 0 aliphatic rings. The number of rotatable bonds is 4. The van der Waals surface area contributed by atoms with E-state index in [9.17, 15) is 9.59 Å². The largest absolute Gasteiger partial charge is 0.462 e. The molecule has 5 nitrogen and oxygen atoms in total. The van der Waals surface area contributed by atoms with Crippen LogP contribution in [-0.2, 0) is 4.74 Å². The van der Waals surface area contributed by atoms with E-state index in [0.29, 0.717) is 28.2 Å². The third-order valence-electron chi connectivity index (χ3n) is 2.60. The van der Waals surface area contributed by atoms with Crippen LogP contribution in [-0.4, -0.2) is 23.5 Å². The maximum absolute atomic E-state index is 12.0. The van der Waals surface area contributed by atoms with E-state index < -0.39 is 0 Å². The van der Waals surface area contributed by atoms with Gasteiger partial charge in [0, 0.05) is 5.69 Å². The lowest BCUT2D eigenvalue weighted by Crippen LogP contribution is -2.13. The van der Waals surface area contributed by atoms with Crippen LogP contribution >= 0.6 is 15.9 Å². The molecule has 0 saturated carbocycles. The highest BCUT2D eigenvalue weighted by Gasteiger charge is 2.09.